The van der Waals surface area contributed by atoms with Gasteiger partial charge in [0.2, 0.25) is 5.91 Å². The van der Waals surface area contributed by atoms with Crippen molar-refractivity contribution in [2.45, 2.75) is 20.8 Å². The molecule has 2 amide bonds. The summed E-state index contributed by atoms with van der Waals surface area (Å²) < 4.78 is 22.0. The highest BCUT2D eigenvalue weighted by Gasteiger charge is 2.22. The predicted octanol–water partition coefficient (Wildman–Crippen LogP) is 5.11. The lowest BCUT2D eigenvalue weighted by Crippen LogP contribution is -2.23. The van der Waals surface area contributed by atoms with Gasteiger partial charge in [-0.2, -0.15) is 0 Å². The van der Waals surface area contributed by atoms with Gasteiger partial charge >= 0.3 is 0 Å². The van der Waals surface area contributed by atoms with Gasteiger partial charge < -0.3 is 19.5 Å². The van der Waals surface area contributed by atoms with Gasteiger partial charge in [0.25, 0.3) is 11.5 Å². The van der Waals surface area contributed by atoms with Gasteiger partial charge in [0.15, 0.2) is 5.01 Å². The second kappa shape index (κ2) is 10.6. The second-order valence-electron chi connectivity index (χ2n) is 8.77. The standard InChI is InChI=1S/C28H27FN4O4S/c1-7-22(34)33(6)18-9-10-21(37-24-15(3)11-17(29)12-16(24)4)19(13-18)20-14-32(5)28(36)25-23(20)31-27(38-25)26(35)30-8-2/h7,9-14H,1,8H2,2-6H3,(H,30,35). The molecule has 0 atom stereocenters. The zero-order chi connectivity index (χ0) is 27.7. The second-order valence-corrected chi connectivity index (χ2v) is 9.77. The Hall–Kier alpha value is -4.31. The van der Waals surface area contributed by atoms with Crippen molar-refractivity contribution >= 4 is 39.1 Å². The molecule has 1 N–H and O–H groups in total. The molecule has 8 nitrogen and oxygen atoms in total. The van der Waals surface area contributed by atoms with Gasteiger partial charge in [-0.15, -0.1) is 11.3 Å². The van der Waals surface area contributed by atoms with Crippen LogP contribution in [0.2, 0.25) is 0 Å². The Kier molecular flexibility index (Phi) is 7.45. The van der Waals surface area contributed by atoms with Crippen LogP contribution in [0.25, 0.3) is 21.3 Å². The maximum Gasteiger partial charge on any atom is 0.280 e. The third-order valence-electron chi connectivity index (χ3n) is 6.03. The van der Waals surface area contributed by atoms with Gasteiger partial charge in [-0.1, -0.05) is 6.58 Å². The van der Waals surface area contributed by atoms with Gasteiger partial charge in [-0.3, -0.25) is 14.4 Å². The van der Waals surface area contributed by atoms with Crippen LogP contribution < -0.4 is 20.5 Å². The number of halogens is 1. The summed E-state index contributed by atoms with van der Waals surface area (Å²) in [7, 11) is 3.23. The Morgan fingerprint density at radius 1 is 1.21 bits per heavy atom. The van der Waals surface area contributed by atoms with Crippen molar-refractivity contribution in [2.24, 2.45) is 7.05 Å². The molecular formula is C28H27FN4O4S. The van der Waals surface area contributed by atoms with E-state index in [9.17, 15) is 18.8 Å². The first kappa shape index (κ1) is 26.7. The SMILES string of the molecule is C=CC(=O)N(C)c1ccc(Oc2c(C)cc(F)cc2C)c(-c2cn(C)c(=O)c3sc(C(=O)NCC)nc23)c1. The first-order chi connectivity index (χ1) is 18.0. The van der Waals surface area contributed by atoms with E-state index in [1.54, 1.807) is 59.3 Å². The number of benzene rings is 2. The molecule has 10 heteroatoms. The summed E-state index contributed by atoms with van der Waals surface area (Å²) in [5, 5.41) is 2.87. The molecule has 2 aromatic carbocycles. The minimum atomic E-state index is -0.374. The highest BCUT2D eigenvalue weighted by molar-refractivity contribution is 7.20. The van der Waals surface area contributed by atoms with Crippen molar-refractivity contribution in [1.82, 2.24) is 14.9 Å². The number of likely N-dealkylation sites (N-methyl/N-ethyl adjacent to an activating group) is 1. The smallest absolute Gasteiger partial charge is 0.280 e. The summed E-state index contributed by atoms with van der Waals surface area (Å²) in [6.07, 6.45) is 2.83. The van der Waals surface area contributed by atoms with E-state index in [0.717, 1.165) is 11.3 Å². The molecule has 0 radical (unpaired) electrons. The average molecular weight is 535 g/mol. The molecule has 2 aromatic heterocycles. The quantitative estimate of drug-likeness (QED) is 0.333. The first-order valence-corrected chi connectivity index (χ1v) is 12.6. The van der Waals surface area contributed by atoms with Crippen molar-refractivity contribution in [1.29, 1.82) is 0 Å². The minimum absolute atomic E-state index is 0.161. The molecule has 2 heterocycles. The van der Waals surface area contributed by atoms with Gasteiger partial charge in [0.05, 0.1) is 5.52 Å². The van der Waals surface area contributed by atoms with Crippen molar-refractivity contribution in [3.05, 3.63) is 81.5 Å². The average Bonchev–Trinajstić information content (AvgIpc) is 3.34. The van der Waals surface area contributed by atoms with E-state index in [1.165, 1.54) is 27.7 Å². The number of pyridine rings is 1. The Morgan fingerprint density at radius 3 is 2.53 bits per heavy atom. The van der Waals surface area contributed by atoms with Crippen molar-refractivity contribution in [3.8, 4) is 22.6 Å². The fourth-order valence-electron chi connectivity index (χ4n) is 4.11. The van der Waals surface area contributed by atoms with E-state index in [4.69, 9.17) is 4.74 Å². The fraction of sp³-hybridized carbons (Fsp3) is 0.214. The number of fused-ring (bicyclic) bond motifs is 1. The van der Waals surface area contributed by atoms with E-state index in [2.05, 4.69) is 16.9 Å². The summed E-state index contributed by atoms with van der Waals surface area (Å²) in [5.41, 5.74) is 2.87. The number of aryl methyl sites for hydroxylation is 3. The Morgan fingerprint density at radius 2 is 1.89 bits per heavy atom. The molecule has 0 bridgehead atoms. The Labute approximate surface area is 223 Å². The summed E-state index contributed by atoms with van der Waals surface area (Å²) in [6, 6.07) is 7.94. The number of carbonyl (C=O) groups is 2. The number of carbonyl (C=O) groups excluding carboxylic acids is 2. The number of ether oxygens (including phenoxy) is 1. The van der Waals surface area contributed by atoms with Crippen molar-refractivity contribution in [3.63, 3.8) is 0 Å². The predicted molar refractivity (Wildman–Crippen MR) is 148 cm³/mol. The monoisotopic (exact) mass is 534 g/mol. The number of anilines is 1. The third-order valence-corrected chi connectivity index (χ3v) is 7.08. The van der Waals surface area contributed by atoms with E-state index in [0.29, 0.717) is 56.2 Å². The topological polar surface area (TPSA) is 93.5 Å². The number of aromatic nitrogens is 2. The summed E-state index contributed by atoms with van der Waals surface area (Å²) >= 11 is 1.01. The summed E-state index contributed by atoms with van der Waals surface area (Å²) in [5.74, 6) is -0.169. The molecule has 0 aliphatic rings. The molecule has 196 valence electrons. The Balaban J connectivity index is 2.00. The summed E-state index contributed by atoms with van der Waals surface area (Å²) in [6.45, 7) is 9.27. The highest BCUT2D eigenvalue weighted by atomic mass is 32.1. The van der Waals surface area contributed by atoms with Gasteiger partial charge in [-0.25, -0.2) is 9.37 Å². The summed E-state index contributed by atoms with van der Waals surface area (Å²) in [4.78, 5) is 43.8. The molecule has 0 fully saturated rings. The third kappa shape index (κ3) is 4.95. The van der Waals surface area contributed by atoms with Crippen LogP contribution in [-0.2, 0) is 11.8 Å². The lowest BCUT2D eigenvalue weighted by Gasteiger charge is -2.20. The maximum absolute atomic E-state index is 13.9. The molecule has 0 saturated carbocycles. The lowest BCUT2D eigenvalue weighted by atomic mass is 10.0. The molecule has 4 aromatic rings. The zero-order valence-corrected chi connectivity index (χ0v) is 22.5. The van der Waals surface area contributed by atoms with Gasteiger partial charge in [-0.05, 0) is 68.3 Å². The minimum Gasteiger partial charge on any atom is -0.456 e. The van der Waals surface area contributed by atoms with Crippen molar-refractivity contribution < 1.29 is 18.7 Å². The molecule has 0 aliphatic heterocycles. The molecule has 0 aliphatic carbocycles. The highest BCUT2D eigenvalue weighted by Crippen LogP contribution is 2.41. The van der Waals surface area contributed by atoms with E-state index in [1.807, 2.05) is 0 Å². The first-order valence-electron chi connectivity index (χ1n) is 11.8. The molecular weight excluding hydrogens is 507 g/mol. The van der Waals surface area contributed by atoms with Crippen LogP contribution in [-0.4, -0.2) is 35.0 Å². The van der Waals surface area contributed by atoms with Gasteiger partial charge in [0, 0.05) is 43.7 Å². The molecule has 0 spiro atoms. The van der Waals surface area contributed by atoms with Crippen LogP contribution in [0.3, 0.4) is 0 Å². The molecule has 0 unspecified atom stereocenters. The number of amides is 2. The Bertz CT molecular complexity index is 1630. The number of hydrogen-bond donors (Lipinski definition) is 1. The van der Waals surface area contributed by atoms with Crippen LogP contribution in [0.15, 0.2) is 54.0 Å². The van der Waals surface area contributed by atoms with Crippen LogP contribution >= 0.6 is 11.3 Å². The molecule has 4 rings (SSSR count). The van der Waals surface area contributed by atoms with Crippen LogP contribution in [0, 0.1) is 19.7 Å². The molecule has 0 saturated heterocycles. The number of thiazole rings is 1. The van der Waals surface area contributed by atoms with E-state index >= 15 is 0 Å². The number of hydrogen-bond acceptors (Lipinski definition) is 6. The van der Waals surface area contributed by atoms with Crippen molar-refractivity contribution in [2.75, 3.05) is 18.5 Å². The van der Waals surface area contributed by atoms with Crippen LogP contribution in [0.5, 0.6) is 11.5 Å². The number of rotatable bonds is 7. The van der Waals surface area contributed by atoms with E-state index in [-0.39, 0.29) is 28.2 Å². The molecule has 38 heavy (non-hydrogen) atoms. The normalized spacial score (nSPS) is 10.9. The maximum atomic E-state index is 13.9. The number of nitrogens with zero attached hydrogens (tertiary/aromatic N) is 3. The van der Waals surface area contributed by atoms with Crippen LogP contribution in [0.1, 0.15) is 27.9 Å². The number of nitrogens with one attached hydrogen (secondary N) is 1. The zero-order valence-electron chi connectivity index (χ0n) is 21.7. The largest absolute Gasteiger partial charge is 0.456 e. The lowest BCUT2D eigenvalue weighted by molar-refractivity contribution is -0.113. The van der Waals surface area contributed by atoms with Crippen LogP contribution in [0.4, 0.5) is 10.1 Å². The van der Waals surface area contributed by atoms with Gasteiger partial charge in [0.1, 0.15) is 22.0 Å². The van der Waals surface area contributed by atoms with E-state index < -0.39 is 0 Å². The fourth-order valence-corrected chi connectivity index (χ4v) is 5.09.